The molecule has 1 aromatic rings. The van der Waals surface area contributed by atoms with E-state index in [1.165, 1.54) is 11.8 Å². The molecule has 0 aliphatic rings. The third kappa shape index (κ3) is 5.58. The van der Waals surface area contributed by atoms with Gasteiger partial charge in [0.2, 0.25) is 0 Å². The van der Waals surface area contributed by atoms with Crippen molar-refractivity contribution in [2.45, 2.75) is 6.42 Å². The van der Waals surface area contributed by atoms with Crippen LogP contribution in [0.2, 0.25) is 0 Å². The second-order valence-corrected chi connectivity index (χ2v) is 3.77. The molecule has 0 N–H and O–H groups in total. The van der Waals surface area contributed by atoms with Crippen LogP contribution in [0.4, 0.5) is 0 Å². The van der Waals surface area contributed by atoms with Crippen molar-refractivity contribution in [1.82, 2.24) is 0 Å². The van der Waals surface area contributed by atoms with Gasteiger partial charge in [-0.3, -0.25) is 0 Å². The van der Waals surface area contributed by atoms with Gasteiger partial charge in [-0.2, -0.15) is 29.6 Å². The van der Waals surface area contributed by atoms with Crippen molar-refractivity contribution >= 4 is 17.3 Å². The molecule has 0 radical (unpaired) electrons. The summed E-state index contributed by atoms with van der Waals surface area (Å²) in [5.74, 6) is 0.814. The maximum Gasteiger partial charge on any atom is 1.00 e. The average Bonchev–Trinajstić information content (AvgIpc) is 2.30. The van der Waals surface area contributed by atoms with Gasteiger partial charge >= 0.3 is 29.6 Å². The molecule has 16 heavy (non-hydrogen) atoms. The molecular formula is C13H12NNaS. The Kier molecular flexibility index (Phi) is 9.46. The van der Waals surface area contributed by atoms with Gasteiger partial charge in [-0.15, -0.1) is 17.7 Å². The van der Waals surface area contributed by atoms with E-state index in [0.717, 1.165) is 23.3 Å². The van der Waals surface area contributed by atoms with Crippen molar-refractivity contribution in [1.29, 1.82) is 5.26 Å². The van der Waals surface area contributed by atoms with Gasteiger partial charge in [0, 0.05) is 5.75 Å². The summed E-state index contributed by atoms with van der Waals surface area (Å²) in [7, 11) is 0. The quantitative estimate of drug-likeness (QED) is 0.247. The van der Waals surface area contributed by atoms with Crippen LogP contribution >= 0.6 is 11.8 Å². The van der Waals surface area contributed by atoms with Crippen molar-refractivity contribution in [3.8, 4) is 5.40 Å². The number of nitrogens with zero attached hydrogens (tertiary/aromatic N) is 1. The number of allylic oxidation sites excluding steroid dienone is 3. The summed E-state index contributed by atoms with van der Waals surface area (Å²) in [6, 6.07) is 10.0. The molecule has 1 rings (SSSR count). The van der Waals surface area contributed by atoms with Crippen LogP contribution in [0.3, 0.4) is 0 Å². The normalized spacial score (nSPS) is 10.1. The maximum atomic E-state index is 8.37. The Hall–Kier alpha value is -0.460. The van der Waals surface area contributed by atoms with Gasteiger partial charge in [-0.25, -0.2) is 0 Å². The van der Waals surface area contributed by atoms with Crippen LogP contribution in [-0.4, -0.2) is 5.75 Å². The Morgan fingerprint density at radius 1 is 1.44 bits per heavy atom. The molecule has 0 bridgehead atoms. The van der Waals surface area contributed by atoms with Gasteiger partial charge in [0.1, 0.15) is 5.40 Å². The van der Waals surface area contributed by atoms with E-state index in [1.54, 1.807) is 0 Å². The molecular weight excluding hydrogens is 225 g/mol. The Morgan fingerprint density at radius 2 is 2.12 bits per heavy atom. The molecule has 0 spiro atoms. The van der Waals surface area contributed by atoms with Crippen LogP contribution in [0.25, 0.3) is 5.57 Å². The Balaban J connectivity index is 0.00000225. The fourth-order valence-corrected chi connectivity index (χ4v) is 1.54. The fourth-order valence-electron chi connectivity index (χ4n) is 1.22. The zero-order chi connectivity index (χ0) is 10.9. The summed E-state index contributed by atoms with van der Waals surface area (Å²) < 4.78 is 0. The minimum Gasteiger partial charge on any atom is -0.190 e. The van der Waals surface area contributed by atoms with E-state index in [2.05, 4.69) is 24.1 Å². The van der Waals surface area contributed by atoms with Crippen LogP contribution in [0.5, 0.6) is 0 Å². The van der Waals surface area contributed by atoms with Crippen LogP contribution in [0.1, 0.15) is 12.0 Å². The van der Waals surface area contributed by atoms with Gasteiger partial charge < -0.3 is 0 Å². The molecule has 76 valence electrons. The van der Waals surface area contributed by atoms with E-state index in [4.69, 9.17) is 5.26 Å². The first-order valence-electron chi connectivity index (χ1n) is 4.68. The van der Waals surface area contributed by atoms with Gasteiger partial charge in [-0.1, -0.05) is 24.6 Å². The second kappa shape index (κ2) is 9.74. The molecule has 1 nitrogen and oxygen atoms in total. The predicted octanol–water partition coefficient (Wildman–Crippen LogP) is 0.668. The number of thiocyanates is 1. The third-order valence-electron chi connectivity index (χ3n) is 1.91. The van der Waals surface area contributed by atoms with Gasteiger partial charge in [0.15, 0.2) is 0 Å². The monoisotopic (exact) mass is 237 g/mol. The van der Waals surface area contributed by atoms with E-state index >= 15 is 0 Å². The zero-order valence-electron chi connectivity index (χ0n) is 9.44. The average molecular weight is 237 g/mol. The van der Waals surface area contributed by atoms with Crippen molar-refractivity contribution in [2.24, 2.45) is 0 Å². The molecule has 0 unspecified atom stereocenters. The summed E-state index contributed by atoms with van der Waals surface area (Å²) in [6.07, 6.45) is 5.84. The van der Waals surface area contributed by atoms with E-state index < -0.39 is 0 Å². The van der Waals surface area contributed by atoms with E-state index in [-0.39, 0.29) is 29.6 Å². The fraction of sp³-hybridized carbons (Fsp3) is 0.154. The largest absolute Gasteiger partial charge is 1.00 e. The molecule has 0 saturated heterocycles. The molecule has 0 aromatic heterocycles. The summed E-state index contributed by atoms with van der Waals surface area (Å²) >= 11 is 1.27. The predicted molar refractivity (Wildman–Crippen MR) is 66.0 cm³/mol. The number of hydrogen-bond acceptors (Lipinski definition) is 2. The first-order chi connectivity index (χ1) is 7.38. The zero-order valence-corrected chi connectivity index (χ0v) is 12.3. The molecule has 3 heteroatoms. The molecule has 0 amide bonds. The van der Waals surface area contributed by atoms with E-state index in [1.807, 2.05) is 30.3 Å². The Morgan fingerprint density at radius 3 is 2.69 bits per heavy atom. The van der Waals surface area contributed by atoms with Crippen molar-refractivity contribution in [3.05, 3.63) is 54.6 Å². The van der Waals surface area contributed by atoms with Crippen LogP contribution in [-0.2, 0) is 0 Å². The number of nitriles is 1. The third-order valence-corrected chi connectivity index (χ3v) is 2.48. The van der Waals surface area contributed by atoms with Gasteiger partial charge in [0.05, 0.1) is 0 Å². The minimum absolute atomic E-state index is 0. The molecule has 1 aromatic carbocycles. The molecule has 0 fully saturated rings. The molecule has 0 aliphatic heterocycles. The maximum absolute atomic E-state index is 8.37. The van der Waals surface area contributed by atoms with Crippen LogP contribution in [0.15, 0.2) is 43.0 Å². The molecule has 0 heterocycles. The second-order valence-electron chi connectivity index (χ2n) is 2.89. The van der Waals surface area contributed by atoms with Crippen molar-refractivity contribution in [2.75, 3.05) is 5.75 Å². The summed E-state index contributed by atoms with van der Waals surface area (Å²) in [5.41, 5.74) is 2.13. The number of thioether (sulfide) groups is 1. The molecule has 0 saturated carbocycles. The molecule has 0 aliphatic carbocycles. The SMILES string of the molecule is C=[C-]/C(=C\CCSC#N)c1ccccc1.[Na+]. The summed E-state index contributed by atoms with van der Waals surface area (Å²) in [6.45, 7) is 3.67. The van der Waals surface area contributed by atoms with E-state index in [9.17, 15) is 0 Å². The first kappa shape index (κ1) is 15.5. The van der Waals surface area contributed by atoms with Crippen molar-refractivity contribution in [3.63, 3.8) is 0 Å². The molecule has 0 atom stereocenters. The number of hydrogen-bond donors (Lipinski definition) is 0. The smallest absolute Gasteiger partial charge is 0.190 e. The minimum atomic E-state index is 0. The Bertz CT molecular complexity index is 379. The van der Waals surface area contributed by atoms with Gasteiger partial charge in [-0.05, 0) is 11.8 Å². The summed E-state index contributed by atoms with van der Waals surface area (Å²) in [4.78, 5) is 0. The van der Waals surface area contributed by atoms with Crippen molar-refractivity contribution < 1.29 is 29.6 Å². The van der Waals surface area contributed by atoms with Crippen LogP contribution < -0.4 is 29.6 Å². The topological polar surface area (TPSA) is 23.8 Å². The van der Waals surface area contributed by atoms with Crippen LogP contribution in [0, 0.1) is 16.7 Å². The number of benzene rings is 1. The standard InChI is InChI=1S/C13H12NS.Na/c1-2-12(9-6-10-15-11-14)13-7-4-3-5-8-13;/h3-5,7-9H,1,6,10H2;/q-1;+1/b12-9+;. The van der Waals surface area contributed by atoms with Gasteiger partial charge in [0.25, 0.3) is 0 Å². The van der Waals surface area contributed by atoms with E-state index in [0.29, 0.717) is 0 Å². The first-order valence-corrected chi connectivity index (χ1v) is 5.66. The summed E-state index contributed by atoms with van der Waals surface area (Å²) in [5, 5.41) is 10.4. The Labute approximate surface area is 124 Å². The number of rotatable bonds is 5.